The van der Waals surface area contributed by atoms with Crippen LogP contribution in [0.15, 0.2) is 60.9 Å². The van der Waals surface area contributed by atoms with Gasteiger partial charge in [0, 0.05) is 53.9 Å². The number of benzene rings is 2. The van der Waals surface area contributed by atoms with Crippen LogP contribution in [0.2, 0.25) is 0 Å². The van der Waals surface area contributed by atoms with Gasteiger partial charge in [0.1, 0.15) is 5.75 Å². The summed E-state index contributed by atoms with van der Waals surface area (Å²) >= 11 is 0. The maximum Gasteiger partial charge on any atom is 0.407 e. The van der Waals surface area contributed by atoms with Crippen molar-refractivity contribution in [3.05, 3.63) is 66.5 Å². The molecule has 0 bridgehead atoms. The number of piperidine rings is 1. The number of carbonyl (C=O) groups excluding carboxylic acids is 1. The fourth-order valence-corrected chi connectivity index (χ4v) is 5.39. The Morgan fingerprint density at radius 2 is 1.90 bits per heavy atom. The van der Waals surface area contributed by atoms with Gasteiger partial charge in [0.05, 0.1) is 11.3 Å². The van der Waals surface area contributed by atoms with E-state index in [1.54, 1.807) is 18.5 Å². The van der Waals surface area contributed by atoms with Crippen LogP contribution < -0.4 is 15.4 Å². The standard InChI is InChI=1S/C31H32N6O4/c1-18-10-11-21-22(7-3-9-25(21)35-28(38)24-16-19(24)2)27(18)41-29-23(8-4-13-32-29)26-12-14-33-30(36-26)34-20-6-5-15-37(17-20)31(39)40/h3-4,7-14,19-20,24H,5-6,15-17H2,1-2H3,(H,35,38)(H,39,40)(H,33,34,36)/t19-,20-,24+/m0/s1. The van der Waals surface area contributed by atoms with Crippen molar-refractivity contribution >= 4 is 34.4 Å². The van der Waals surface area contributed by atoms with Crippen LogP contribution >= 0.6 is 0 Å². The zero-order chi connectivity index (χ0) is 28.5. The molecule has 1 saturated heterocycles. The summed E-state index contributed by atoms with van der Waals surface area (Å²) in [7, 11) is 0. The average Bonchev–Trinajstić information content (AvgIpc) is 3.72. The number of pyridine rings is 1. The molecule has 0 radical (unpaired) electrons. The van der Waals surface area contributed by atoms with Gasteiger partial charge in [-0.05, 0) is 61.9 Å². The first-order valence-electron chi connectivity index (χ1n) is 13.9. The largest absolute Gasteiger partial charge is 0.465 e. The lowest BCUT2D eigenvalue weighted by Gasteiger charge is -2.31. The maximum absolute atomic E-state index is 12.7. The number of anilines is 2. The number of nitrogens with one attached hydrogen (secondary N) is 2. The third-order valence-electron chi connectivity index (χ3n) is 7.84. The van der Waals surface area contributed by atoms with Gasteiger partial charge in [-0.25, -0.2) is 19.7 Å². The lowest BCUT2D eigenvalue weighted by Crippen LogP contribution is -2.44. The van der Waals surface area contributed by atoms with Gasteiger partial charge in [0.15, 0.2) is 0 Å². The Balaban J connectivity index is 1.28. The van der Waals surface area contributed by atoms with E-state index < -0.39 is 6.09 Å². The summed E-state index contributed by atoms with van der Waals surface area (Å²) in [6.07, 6.45) is 4.96. The number of ether oxygens (including phenoxy) is 1. The normalized spacial score (nSPS) is 20.0. The zero-order valence-corrected chi connectivity index (χ0v) is 23.0. The Morgan fingerprint density at radius 3 is 2.71 bits per heavy atom. The summed E-state index contributed by atoms with van der Waals surface area (Å²) in [5.74, 6) is 2.01. The molecule has 2 aromatic carbocycles. The predicted molar refractivity (Wildman–Crippen MR) is 156 cm³/mol. The smallest absolute Gasteiger partial charge is 0.407 e. The summed E-state index contributed by atoms with van der Waals surface area (Å²) < 4.78 is 6.50. The Hall–Kier alpha value is -4.73. The van der Waals surface area contributed by atoms with Crippen LogP contribution in [0.25, 0.3) is 22.0 Å². The number of hydrogen-bond donors (Lipinski definition) is 3. The SMILES string of the molecule is Cc1ccc2c(NC(=O)[C@@H]3C[C@@H]3C)cccc2c1Oc1ncccc1-c1ccnc(N[C@H]2CCCN(C(=O)O)C2)n1. The minimum absolute atomic E-state index is 0.0529. The minimum atomic E-state index is -0.918. The van der Waals surface area contributed by atoms with Gasteiger partial charge in [0.2, 0.25) is 17.7 Å². The number of amides is 2. The highest BCUT2D eigenvalue weighted by Gasteiger charge is 2.39. The molecule has 1 aliphatic carbocycles. The third kappa shape index (κ3) is 5.63. The van der Waals surface area contributed by atoms with Crippen LogP contribution in [0.3, 0.4) is 0 Å². The molecular weight excluding hydrogens is 520 g/mol. The fraction of sp³-hybridized carbons (Fsp3) is 0.323. The average molecular weight is 553 g/mol. The molecule has 3 heterocycles. The van der Waals surface area contributed by atoms with Gasteiger partial charge >= 0.3 is 6.09 Å². The van der Waals surface area contributed by atoms with Crippen molar-refractivity contribution in [2.45, 2.75) is 39.2 Å². The van der Waals surface area contributed by atoms with Crippen molar-refractivity contribution in [3.8, 4) is 22.9 Å². The number of hydrogen-bond acceptors (Lipinski definition) is 7. The van der Waals surface area contributed by atoms with Crippen molar-refractivity contribution in [2.24, 2.45) is 11.8 Å². The van der Waals surface area contributed by atoms with E-state index in [2.05, 4.69) is 27.5 Å². The molecule has 3 atom stereocenters. The van der Waals surface area contributed by atoms with Crippen LogP contribution in [0.4, 0.5) is 16.4 Å². The van der Waals surface area contributed by atoms with Crippen LogP contribution in [-0.4, -0.2) is 56.1 Å². The van der Waals surface area contributed by atoms with Crippen molar-refractivity contribution < 1.29 is 19.4 Å². The highest BCUT2D eigenvalue weighted by atomic mass is 16.5. The number of aryl methyl sites for hydroxylation is 1. The molecule has 10 heteroatoms. The van der Waals surface area contributed by atoms with Gasteiger partial charge in [0.25, 0.3) is 0 Å². The first kappa shape index (κ1) is 26.5. The minimum Gasteiger partial charge on any atom is -0.465 e. The van der Waals surface area contributed by atoms with Gasteiger partial charge in [-0.15, -0.1) is 0 Å². The van der Waals surface area contributed by atoms with Gasteiger partial charge in [-0.1, -0.05) is 31.2 Å². The summed E-state index contributed by atoms with van der Waals surface area (Å²) in [5, 5.41) is 17.5. The number of carboxylic acid groups (broad SMARTS) is 1. The zero-order valence-electron chi connectivity index (χ0n) is 23.0. The summed E-state index contributed by atoms with van der Waals surface area (Å²) in [5.41, 5.74) is 3.00. The van der Waals surface area contributed by atoms with Crippen LogP contribution in [-0.2, 0) is 4.79 Å². The molecule has 10 nitrogen and oxygen atoms in total. The molecular formula is C31H32N6O4. The van der Waals surface area contributed by atoms with Crippen molar-refractivity contribution in [1.82, 2.24) is 19.9 Å². The molecule has 0 spiro atoms. The number of nitrogens with zero attached hydrogens (tertiary/aromatic N) is 4. The van der Waals surface area contributed by atoms with E-state index in [4.69, 9.17) is 9.72 Å². The van der Waals surface area contributed by atoms with E-state index in [-0.39, 0.29) is 17.9 Å². The lowest BCUT2D eigenvalue weighted by atomic mass is 10.0. The van der Waals surface area contributed by atoms with Crippen LogP contribution in [0, 0.1) is 18.8 Å². The van der Waals surface area contributed by atoms with Gasteiger partial charge in [-0.2, -0.15) is 0 Å². The number of likely N-dealkylation sites (tertiary alicyclic amines) is 1. The monoisotopic (exact) mass is 552 g/mol. The molecule has 1 aliphatic heterocycles. The number of rotatable bonds is 7. The highest BCUT2D eigenvalue weighted by molar-refractivity contribution is 6.05. The molecule has 3 N–H and O–H groups in total. The van der Waals surface area contributed by atoms with Gasteiger partial charge < -0.3 is 25.4 Å². The summed E-state index contributed by atoms with van der Waals surface area (Å²) in [6, 6.07) is 15.2. The van der Waals surface area contributed by atoms with Crippen LogP contribution in [0.1, 0.15) is 31.7 Å². The molecule has 210 valence electrons. The Bertz CT molecular complexity index is 1630. The van der Waals surface area contributed by atoms with E-state index in [9.17, 15) is 14.7 Å². The molecule has 0 unspecified atom stereocenters. The molecule has 6 rings (SSSR count). The molecule has 2 aromatic heterocycles. The maximum atomic E-state index is 12.7. The number of fused-ring (bicyclic) bond motifs is 1. The van der Waals surface area contributed by atoms with E-state index in [0.29, 0.717) is 47.8 Å². The molecule has 2 amide bonds. The third-order valence-corrected chi connectivity index (χ3v) is 7.84. The summed E-state index contributed by atoms with van der Waals surface area (Å²) in [4.78, 5) is 39.1. The Morgan fingerprint density at radius 1 is 1.05 bits per heavy atom. The second-order valence-corrected chi connectivity index (χ2v) is 10.9. The second-order valence-electron chi connectivity index (χ2n) is 10.9. The Labute approximate surface area is 237 Å². The van der Waals surface area contributed by atoms with E-state index >= 15 is 0 Å². The molecule has 4 aromatic rings. The topological polar surface area (TPSA) is 130 Å². The van der Waals surface area contributed by atoms with E-state index in [1.165, 1.54) is 4.90 Å². The molecule has 41 heavy (non-hydrogen) atoms. The van der Waals surface area contributed by atoms with Crippen molar-refractivity contribution in [2.75, 3.05) is 23.7 Å². The second kappa shape index (κ2) is 11.0. The van der Waals surface area contributed by atoms with E-state index in [1.807, 2.05) is 49.4 Å². The predicted octanol–water partition coefficient (Wildman–Crippen LogP) is 5.94. The number of aromatic nitrogens is 3. The lowest BCUT2D eigenvalue weighted by molar-refractivity contribution is -0.117. The Kier molecular flexibility index (Phi) is 7.13. The highest BCUT2D eigenvalue weighted by Crippen LogP contribution is 2.41. The first-order chi connectivity index (χ1) is 19.9. The summed E-state index contributed by atoms with van der Waals surface area (Å²) in [6.45, 7) is 4.98. The molecule has 1 saturated carbocycles. The quantitative estimate of drug-likeness (QED) is 0.257. The van der Waals surface area contributed by atoms with Gasteiger partial charge in [-0.3, -0.25) is 4.79 Å². The molecule has 2 fully saturated rings. The van der Waals surface area contributed by atoms with Crippen molar-refractivity contribution in [1.29, 1.82) is 0 Å². The number of carbonyl (C=O) groups is 2. The fourth-order valence-electron chi connectivity index (χ4n) is 5.39. The van der Waals surface area contributed by atoms with E-state index in [0.717, 1.165) is 41.3 Å². The van der Waals surface area contributed by atoms with Crippen LogP contribution in [0.5, 0.6) is 11.6 Å². The first-order valence-corrected chi connectivity index (χ1v) is 13.9. The molecule has 2 aliphatic rings. The van der Waals surface area contributed by atoms with Crippen molar-refractivity contribution in [3.63, 3.8) is 0 Å².